The lowest BCUT2D eigenvalue weighted by Gasteiger charge is -1.79. The first kappa shape index (κ1) is 3.44. The molecule has 0 bridgehead atoms. The summed E-state index contributed by atoms with van der Waals surface area (Å²) in [4.78, 5) is 3.61. The fraction of sp³-hybridized carbons (Fsp3) is 0. The summed E-state index contributed by atoms with van der Waals surface area (Å²) in [5.74, 6) is 0. The Morgan fingerprint density at radius 2 is 2.57 bits per heavy atom. The van der Waals surface area contributed by atoms with E-state index in [2.05, 4.69) is 4.98 Å². The van der Waals surface area contributed by atoms with Gasteiger partial charge in [0.15, 0.2) is 0 Å². The number of halogens is 1. The highest BCUT2D eigenvalue weighted by molar-refractivity contribution is 6.29. The van der Waals surface area contributed by atoms with E-state index < -0.39 is 0 Å². The quantitative estimate of drug-likeness (QED) is 0.468. The Hall–Kier alpha value is -0.560. The molecule has 0 N–H and O–H groups in total. The zero-order chi connectivity index (χ0) is 5.98. The van der Waals surface area contributed by atoms with Gasteiger partial charge in [-0.3, -0.25) is 0 Å². The fourth-order valence-corrected chi connectivity index (χ4v) is 0.428. The third-order valence-corrected chi connectivity index (χ3v) is 0.786. The van der Waals surface area contributed by atoms with Crippen LogP contribution in [-0.2, 0) is 0 Å². The van der Waals surface area contributed by atoms with Gasteiger partial charge in [0.05, 0.1) is 1.37 Å². The van der Waals surface area contributed by atoms with Gasteiger partial charge in [-0.25, -0.2) is 4.98 Å². The van der Waals surface area contributed by atoms with Crippen LogP contribution in [0.25, 0.3) is 0 Å². The largest absolute Gasteiger partial charge is 0.245 e. The monoisotopic (exact) mass is 114 g/mol. The minimum absolute atomic E-state index is 0.206. The molecule has 0 saturated heterocycles. The van der Waals surface area contributed by atoms with Crippen molar-refractivity contribution >= 4 is 11.6 Å². The molecule has 0 aromatic carbocycles. The lowest BCUT2D eigenvalue weighted by molar-refractivity contribution is 1.33. The van der Waals surface area contributed by atoms with Gasteiger partial charge in [-0.2, -0.15) is 0 Å². The van der Waals surface area contributed by atoms with E-state index in [9.17, 15) is 0 Å². The Kier molecular flexibility index (Phi) is 0.953. The maximum absolute atomic E-state index is 6.94. The Balaban J connectivity index is 3.08. The first-order valence-corrected chi connectivity index (χ1v) is 2.26. The Labute approximate surface area is 48.4 Å². The van der Waals surface area contributed by atoms with Gasteiger partial charge in [0.1, 0.15) is 5.15 Å². The molecule has 7 heavy (non-hydrogen) atoms. The number of hydrogen-bond donors (Lipinski definition) is 0. The predicted molar refractivity (Wildman–Crippen MR) is 29.2 cm³/mol. The van der Waals surface area contributed by atoms with Crippen LogP contribution >= 0.6 is 11.6 Å². The molecule has 0 fully saturated rings. The molecule has 0 aliphatic heterocycles. The maximum atomic E-state index is 6.94. The summed E-state index contributed by atoms with van der Waals surface area (Å²) in [7, 11) is 0. The van der Waals surface area contributed by atoms with E-state index in [4.69, 9.17) is 13.0 Å². The first-order valence-electron chi connectivity index (χ1n) is 2.38. The zero-order valence-corrected chi connectivity index (χ0v) is 4.31. The van der Waals surface area contributed by atoms with Crippen molar-refractivity contribution in [1.29, 1.82) is 0 Å². The van der Waals surface area contributed by atoms with Crippen LogP contribution < -0.4 is 0 Å². The molecule has 2 heteroatoms. The second kappa shape index (κ2) is 1.94. The second-order valence-corrected chi connectivity index (χ2v) is 1.48. The van der Waals surface area contributed by atoms with E-state index in [-0.39, 0.29) is 6.17 Å². The molecule has 0 spiro atoms. The van der Waals surface area contributed by atoms with E-state index in [1.165, 1.54) is 0 Å². The molecule has 1 rings (SSSR count). The summed E-state index contributed by atoms with van der Waals surface area (Å²) in [6, 6.07) is 4.91. The van der Waals surface area contributed by atoms with Gasteiger partial charge in [-0.1, -0.05) is 17.7 Å². The average molecular weight is 115 g/mol. The van der Waals surface area contributed by atoms with Crippen molar-refractivity contribution in [3.63, 3.8) is 0 Å². The van der Waals surface area contributed by atoms with E-state index in [1.807, 2.05) is 0 Å². The van der Waals surface area contributed by atoms with Crippen molar-refractivity contribution < 1.29 is 1.37 Å². The first-order chi connectivity index (χ1) is 3.79. The lowest BCUT2D eigenvalue weighted by atomic mass is 10.5. The van der Waals surface area contributed by atoms with E-state index >= 15 is 0 Å². The van der Waals surface area contributed by atoms with Crippen LogP contribution in [0.2, 0.25) is 5.15 Å². The van der Waals surface area contributed by atoms with Crippen LogP contribution in [0, 0.1) is 0 Å². The van der Waals surface area contributed by atoms with Crippen LogP contribution in [0.15, 0.2) is 24.4 Å². The highest BCUT2D eigenvalue weighted by Gasteiger charge is 1.76. The van der Waals surface area contributed by atoms with Crippen LogP contribution in [-0.4, -0.2) is 4.98 Å². The number of hydrogen-bond acceptors (Lipinski definition) is 1. The van der Waals surface area contributed by atoms with Gasteiger partial charge in [0, 0.05) is 6.17 Å². The fourth-order valence-electron chi connectivity index (χ4n) is 0.307. The van der Waals surface area contributed by atoms with Crippen molar-refractivity contribution in [2.24, 2.45) is 0 Å². The summed E-state index contributed by atoms with van der Waals surface area (Å²) in [5, 5.41) is 0.373. The predicted octanol–water partition coefficient (Wildman–Crippen LogP) is 1.73. The summed E-state index contributed by atoms with van der Waals surface area (Å²) in [6.07, 6.45) is 0.206. The summed E-state index contributed by atoms with van der Waals surface area (Å²) in [5.41, 5.74) is 0. The van der Waals surface area contributed by atoms with Gasteiger partial charge >= 0.3 is 0 Å². The molecule has 0 aliphatic carbocycles. The summed E-state index contributed by atoms with van der Waals surface area (Å²) in [6.45, 7) is 0. The summed E-state index contributed by atoms with van der Waals surface area (Å²) >= 11 is 5.41. The molecule has 36 valence electrons. The molecule has 0 saturated carbocycles. The van der Waals surface area contributed by atoms with Crippen LogP contribution in [0.3, 0.4) is 0 Å². The number of nitrogens with zero attached hydrogens (tertiary/aromatic N) is 1. The van der Waals surface area contributed by atoms with Crippen LogP contribution in [0.1, 0.15) is 1.37 Å². The lowest BCUT2D eigenvalue weighted by Crippen LogP contribution is -1.65. The second-order valence-electron chi connectivity index (χ2n) is 1.09. The molecule has 0 aliphatic rings. The SMILES string of the molecule is [2H]c1cccc(Cl)n1. The van der Waals surface area contributed by atoms with Gasteiger partial charge in [0.2, 0.25) is 0 Å². The third-order valence-electron chi connectivity index (χ3n) is 0.576. The number of rotatable bonds is 0. The summed E-state index contributed by atoms with van der Waals surface area (Å²) < 4.78 is 6.94. The average Bonchev–Trinajstić information content (AvgIpc) is 1.64. The third kappa shape index (κ3) is 1.16. The van der Waals surface area contributed by atoms with Crippen molar-refractivity contribution in [3.05, 3.63) is 29.5 Å². The molecule has 0 atom stereocenters. The smallest absolute Gasteiger partial charge is 0.129 e. The standard InChI is InChI=1S/C5H4ClN/c6-5-3-1-2-4-7-5/h1-4H/i4D. The van der Waals surface area contributed by atoms with Gasteiger partial charge in [-0.05, 0) is 12.1 Å². The molecular formula is C5H4ClN. The molecule has 1 heterocycles. The topological polar surface area (TPSA) is 12.9 Å². The highest BCUT2D eigenvalue weighted by Crippen LogP contribution is 1.98. The Bertz CT molecular complexity index is 172. The van der Waals surface area contributed by atoms with E-state index in [1.54, 1.807) is 18.2 Å². The molecule has 1 nitrogen and oxygen atoms in total. The van der Waals surface area contributed by atoms with E-state index in [0.29, 0.717) is 5.15 Å². The Morgan fingerprint density at radius 3 is 3.00 bits per heavy atom. The van der Waals surface area contributed by atoms with Crippen molar-refractivity contribution in [3.8, 4) is 0 Å². The van der Waals surface area contributed by atoms with Gasteiger partial charge < -0.3 is 0 Å². The van der Waals surface area contributed by atoms with Crippen LogP contribution in [0.4, 0.5) is 0 Å². The molecule has 0 radical (unpaired) electrons. The van der Waals surface area contributed by atoms with Gasteiger partial charge in [-0.15, -0.1) is 0 Å². The molecule has 0 unspecified atom stereocenters. The van der Waals surface area contributed by atoms with Crippen molar-refractivity contribution in [1.82, 2.24) is 4.98 Å². The maximum Gasteiger partial charge on any atom is 0.129 e. The molecule has 0 amide bonds. The van der Waals surface area contributed by atoms with E-state index in [0.717, 1.165) is 0 Å². The van der Waals surface area contributed by atoms with Crippen LogP contribution in [0.5, 0.6) is 0 Å². The molecule has 1 aromatic rings. The number of aromatic nitrogens is 1. The molecular weight excluding hydrogens is 110 g/mol. The zero-order valence-electron chi connectivity index (χ0n) is 4.56. The van der Waals surface area contributed by atoms with Crippen molar-refractivity contribution in [2.75, 3.05) is 0 Å². The number of pyridine rings is 1. The van der Waals surface area contributed by atoms with Gasteiger partial charge in [0.25, 0.3) is 0 Å². The Morgan fingerprint density at radius 1 is 1.71 bits per heavy atom. The normalized spacial score (nSPS) is 10.7. The van der Waals surface area contributed by atoms with Crippen molar-refractivity contribution in [2.45, 2.75) is 0 Å². The minimum Gasteiger partial charge on any atom is -0.245 e. The molecule has 1 aromatic heterocycles. The minimum atomic E-state index is 0.206. The highest BCUT2D eigenvalue weighted by atomic mass is 35.5.